The van der Waals surface area contributed by atoms with Gasteiger partial charge in [0.25, 0.3) is 11.5 Å². The number of hydrogen-bond acceptors (Lipinski definition) is 8. The summed E-state index contributed by atoms with van der Waals surface area (Å²) in [5.74, 6) is 0.713. The summed E-state index contributed by atoms with van der Waals surface area (Å²) in [5, 5.41) is 23.8. The van der Waals surface area contributed by atoms with Crippen molar-refractivity contribution in [1.29, 1.82) is 0 Å². The molecule has 4 atom stereocenters. The van der Waals surface area contributed by atoms with Gasteiger partial charge in [-0.2, -0.15) is 9.61 Å². The van der Waals surface area contributed by atoms with Gasteiger partial charge < -0.3 is 30.4 Å². The summed E-state index contributed by atoms with van der Waals surface area (Å²) in [6.07, 6.45) is 6.72. The Bertz CT molecular complexity index is 1310. The summed E-state index contributed by atoms with van der Waals surface area (Å²) in [6.45, 7) is 1.98. The number of methoxy groups -OCH3 is 1. The highest BCUT2D eigenvalue weighted by molar-refractivity contribution is 6.00. The summed E-state index contributed by atoms with van der Waals surface area (Å²) in [6, 6.07) is 4.85. The molecule has 0 aromatic carbocycles. The van der Waals surface area contributed by atoms with Crippen LogP contribution in [0.3, 0.4) is 0 Å². The minimum Gasteiger partial charge on any atom is -0.391 e. The molecular weight excluding hydrogens is 450 g/mol. The molecule has 0 aliphatic heterocycles. The highest BCUT2D eigenvalue weighted by atomic mass is 16.5. The first-order valence-corrected chi connectivity index (χ1v) is 11.9. The van der Waals surface area contributed by atoms with Crippen LogP contribution in [0.4, 0.5) is 17.3 Å². The second-order valence-corrected chi connectivity index (χ2v) is 9.48. The van der Waals surface area contributed by atoms with Crippen LogP contribution in [0.2, 0.25) is 0 Å². The van der Waals surface area contributed by atoms with Crippen molar-refractivity contribution in [2.75, 3.05) is 24.8 Å². The van der Waals surface area contributed by atoms with E-state index in [0.29, 0.717) is 35.0 Å². The lowest BCUT2D eigenvalue weighted by molar-refractivity contribution is -0.0828. The number of amides is 1. The van der Waals surface area contributed by atoms with Crippen LogP contribution in [0.1, 0.15) is 55.4 Å². The monoisotopic (exact) mass is 481 g/mol. The summed E-state index contributed by atoms with van der Waals surface area (Å²) in [7, 11) is 3.40. The molecular formula is C24H31N7O4. The summed E-state index contributed by atoms with van der Waals surface area (Å²) < 4.78 is 8.69. The predicted molar refractivity (Wildman–Crippen MR) is 131 cm³/mol. The zero-order chi connectivity index (χ0) is 24.7. The molecule has 11 heteroatoms. The highest BCUT2D eigenvalue weighted by Crippen LogP contribution is 2.35. The Balaban J connectivity index is 1.46. The van der Waals surface area contributed by atoms with E-state index in [1.165, 1.54) is 6.20 Å². The maximum Gasteiger partial charge on any atom is 0.274 e. The Hall–Kier alpha value is -3.44. The van der Waals surface area contributed by atoms with Crippen molar-refractivity contribution in [3.05, 3.63) is 46.5 Å². The molecule has 0 spiro atoms. The highest BCUT2D eigenvalue weighted by Gasteiger charge is 2.44. The number of ether oxygens (including phenoxy) is 1. The number of nitrogens with one attached hydrogen (secondary N) is 3. The second-order valence-electron chi connectivity index (χ2n) is 9.48. The van der Waals surface area contributed by atoms with Gasteiger partial charge in [0, 0.05) is 26.4 Å². The van der Waals surface area contributed by atoms with E-state index in [0.717, 1.165) is 25.7 Å². The molecule has 3 heterocycles. The molecule has 0 unspecified atom stereocenters. The third-order valence-corrected chi connectivity index (χ3v) is 7.45. The smallest absolute Gasteiger partial charge is 0.274 e. The van der Waals surface area contributed by atoms with Crippen LogP contribution in [0.15, 0.2) is 35.4 Å². The maximum atomic E-state index is 13.2. The third kappa shape index (κ3) is 4.04. The lowest BCUT2D eigenvalue weighted by Gasteiger charge is -2.45. The third-order valence-electron chi connectivity index (χ3n) is 7.45. The summed E-state index contributed by atoms with van der Waals surface area (Å²) in [4.78, 5) is 30.9. The zero-order valence-electron chi connectivity index (χ0n) is 20.1. The normalized spacial score (nSPS) is 25.9. The molecule has 1 amide bonds. The molecule has 2 saturated carbocycles. The van der Waals surface area contributed by atoms with E-state index in [2.05, 4.69) is 26.0 Å². The molecule has 0 bridgehead atoms. The maximum absolute atomic E-state index is 13.2. The Morgan fingerprint density at radius 1 is 1.31 bits per heavy atom. The van der Waals surface area contributed by atoms with Crippen molar-refractivity contribution in [3.63, 3.8) is 0 Å². The number of aliphatic hydroxyl groups excluding tert-OH is 1. The average molecular weight is 482 g/mol. The largest absolute Gasteiger partial charge is 0.391 e. The number of fused-ring (bicyclic) bond motifs is 1. The van der Waals surface area contributed by atoms with Crippen LogP contribution in [0.25, 0.3) is 5.65 Å². The van der Waals surface area contributed by atoms with E-state index >= 15 is 0 Å². The zero-order valence-corrected chi connectivity index (χ0v) is 20.1. The Morgan fingerprint density at radius 3 is 2.80 bits per heavy atom. The molecule has 11 nitrogen and oxygen atoms in total. The molecule has 3 aromatic rings. The van der Waals surface area contributed by atoms with Gasteiger partial charge in [-0.1, -0.05) is 0 Å². The molecule has 0 saturated heterocycles. The number of aromatic nitrogens is 4. The van der Waals surface area contributed by atoms with E-state index in [4.69, 9.17) is 4.74 Å². The SMILES string of the molecule is CNc1cc(Nc2cccn([C@@H]3CCC[C@@H]3O)c2=O)nc2c(C(=O)N[C@@H]3CC[C@@]3(C)OC)cnn12. The van der Waals surface area contributed by atoms with Crippen molar-refractivity contribution in [2.45, 2.75) is 62.8 Å². The van der Waals surface area contributed by atoms with Gasteiger partial charge in [-0.3, -0.25) is 9.59 Å². The van der Waals surface area contributed by atoms with E-state index in [1.54, 1.807) is 47.6 Å². The molecule has 2 aliphatic carbocycles. The van der Waals surface area contributed by atoms with Gasteiger partial charge in [-0.15, -0.1) is 0 Å². The quantitative estimate of drug-likeness (QED) is 0.403. The van der Waals surface area contributed by atoms with E-state index < -0.39 is 6.10 Å². The van der Waals surface area contributed by atoms with E-state index in [1.807, 2.05) is 6.92 Å². The fraction of sp³-hybridized carbons (Fsp3) is 0.500. The predicted octanol–water partition coefficient (Wildman–Crippen LogP) is 2.06. The first-order chi connectivity index (χ1) is 16.8. The van der Waals surface area contributed by atoms with Gasteiger partial charge >= 0.3 is 0 Å². The fourth-order valence-corrected chi connectivity index (χ4v) is 5.02. The number of nitrogens with zero attached hydrogens (tertiary/aromatic N) is 4. The molecule has 186 valence electrons. The van der Waals surface area contributed by atoms with Gasteiger partial charge in [0.2, 0.25) is 0 Å². The minimum atomic E-state index is -0.531. The van der Waals surface area contributed by atoms with E-state index in [-0.39, 0.29) is 29.2 Å². The van der Waals surface area contributed by atoms with Gasteiger partial charge in [0.1, 0.15) is 22.9 Å². The van der Waals surface area contributed by atoms with Gasteiger partial charge in [-0.25, -0.2) is 4.98 Å². The van der Waals surface area contributed by atoms with E-state index in [9.17, 15) is 14.7 Å². The van der Waals surface area contributed by atoms with Gasteiger partial charge in [0.05, 0.1) is 30.0 Å². The number of hydrogen-bond donors (Lipinski definition) is 4. The first-order valence-electron chi connectivity index (χ1n) is 11.9. The molecule has 4 N–H and O–H groups in total. The van der Waals surface area contributed by atoms with Crippen LogP contribution in [0.5, 0.6) is 0 Å². The number of pyridine rings is 1. The number of carbonyl (C=O) groups is 1. The lowest BCUT2D eigenvalue weighted by Crippen LogP contribution is -2.59. The van der Waals surface area contributed by atoms with Crippen molar-refractivity contribution in [2.24, 2.45) is 0 Å². The van der Waals surface area contributed by atoms with Crippen LogP contribution in [-0.2, 0) is 4.74 Å². The van der Waals surface area contributed by atoms with Crippen molar-refractivity contribution >= 4 is 28.9 Å². The standard InChI is InChI=1S/C24H31N7O4/c1-24(35-3)10-9-18(24)28-22(33)14-13-26-31-20(25-2)12-19(29-21(14)31)27-15-6-5-11-30(23(15)34)16-7-4-8-17(16)32/h5-6,11-13,16-18,25,32H,4,7-10H2,1-3H3,(H,27,29)(H,28,33)/t16-,17+,18-,24-/m1/s1. The number of aliphatic hydroxyl groups is 1. The lowest BCUT2D eigenvalue weighted by atomic mass is 9.76. The molecule has 3 aromatic heterocycles. The average Bonchev–Trinajstić information content (AvgIpc) is 3.48. The summed E-state index contributed by atoms with van der Waals surface area (Å²) in [5.41, 5.74) is 0.408. The minimum absolute atomic E-state index is 0.0891. The number of rotatable bonds is 7. The fourth-order valence-electron chi connectivity index (χ4n) is 5.02. The van der Waals surface area contributed by atoms with Crippen LogP contribution in [0, 0.1) is 0 Å². The van der Waals surface area contributed by atoms with Crippen molar-refractivity contribution < 1.29 is 14.6 Å². The number of carbonyl (C=O) groups excluding carboxylic acids is 1. The molecule has 2 aliphatic rings. The van der Waals surface area contributed by atoms with Gasteiger partial charge in [0.15, 0.2) is 5.65 Å². The van der Waals surface area contributed by atoms with Crippen LogP contribution < -0.4 is 21.5 Å². The Kier molecular flexibility index (Phi) is 5.97. The summed E-state index contributed by atoms with van der Waals surface area (Å²) >= 11 is 0. The molecule has 0 radical (unpaired) electrons. The van der Waals surface area contributed by atoms with Crippen LogP contribution in [-0.4, -0.2) is 62.1 Å². The Labute approximate surface area is 202 Å². The van der Waals surface area contributed by atoms with Crippen molar-refractivity contribution in [1.82, 2.24) is 24.5 Å². The second kappa shape index (κ2) is 8.97. The number of anilines is 3. The molecule has 2 fully saturated rings. The van der Waals surface area contributed by atoms with Gasteiger partial charge in [-0.05, 0) is 51.2 Å². The first kappa shape index (κ1) is 23.3. The molecule has 5 rings (SSSR count). The van der Waals surface area contributed by atoms with Crippen LogP contribution >= 0.6 is 0 Å². The topological polar surface area (TPSA) is 135 Å². The molecule has 35 heavy (non-hydrogen) atoms. The Morgan fingerprint density at radius 2 is 2.14 bits per heavy atom. The van der Waals surface area contributed by atoms with Crippen molar-refractivity contribution in [3.8, 4) is 0 Å².